The van der Waals surface area contributed by atoms with Gasteiger partial charge in [0.1, 0.15) is 11.4 Å². The summed E-state index contributed by atoms with van der Waals surface area (Å²) in [5, 5.41) is 3.32. The molecule has 1 aromatic rings. The molecule has 1 unspecified atom stereocenters. The number of hydrogen-bond acceptors (Lipinski definition) is 5. The maximum absolute atomic E-state index is 11.5. The molecule has 98 valence electrons. The van der Waals surface area contributed by atoms with E-state index >= 15 is 0 Å². The van der Waals surface area contributed by atoms with Gasteiger partial charge in [-0.15, -0.1) is 0 Å². The lowest BCUT2D eigenvalue weighted by Gasteiger charge is -2.14. The van der Waals surface area contributed by atoms with Crippen LogP contribution in [0.25, 0.3) is 0 Å². The summed E-state index contributed by atoms with van der Waals surface area (Å²) < 4.78 is 9.78. The molecule has 5 heteroatoms. The molecule has 1 atom stereocenters. The molecule has 0 aliphatic heterocycles. The van der Waals surface area contributed by atoms with Gasteiger partial charge < -0.3 is 14.8 Å². The Kier molecular flexibility index (Phi) is 3.69. The van der Waals surface area contributed by atoms with E-state index in [0.717, 1.165) is 11.7 Å². The molecule has 1 aromatic heterocycles. The average Bonchev–Trinajstić information content (AvgIpc) is 3.22. The lowest BCUT2D eigenvalue weighted by atomic mass is 10.2. The van der Waals surface area contributed by atoms with Crippen molar-refractivity contribution >= 4 is 11.8 Å². The largest absolute Gasteiger partial charge is 0.480 e. The van der Waals surface area contributed by atoms with Crippen molar-refractivity contribution in [2.24, 2.45) is 5.92 Å². The number of hydrogen-bond donors (Lipinski definition) is 1. The maximum Gasteiger partial charge on any atom is 0.343 e. The number of anilines is 1. The standard InChI is InChI=1S/C13H18N2O3/c1-8(9-4-5-9)14-11-7-6-10(13(16)18-3)12(15-11)17-2/h6-9H,4-5H2,1-3H3,(H,14,15). The maximum atomic E-state index is 11.5. The number of rotatable bonds is 5. The first-order valence-electron chi connectivity index (χ1n) is 6.05. The summed E-state index contributed by atoms with van der Waals surface area (Å²) in [6, 6.07) is 3.83. The number of esters is 1. The van der Waals surface area contributed by atoms with Crippen molar-refractivity contribution in [2.45, 2.75) is 25.8 Å². The fourth-order valence-electron chi connectivity index (χ4n) is 1.89. The summed E-state index contributed by atoms with van der Waals surface area (Å²) in [4.78, 5) is 15.8. The number of methoxy groups -OCH3 is 2. The fraction of sp³-hybridized carbons (Fsp3) is 0.538. The van der Waals surface area contributed by atoms with E-state index in [-0.39, 0.29) is 5.88 Å². The molecule has 1 aliphatic rings. The highest BCUT2D eigenvalue weighted by molar-refractivity contribution is 5.92. The highest BCUT2D eigenvalue weighted by Crippen LogP contribution is 2.34. The minimum atomic E-state index is -0.443. The monoisotopic (exact) mass is 250 g/mol. The van der Waals surface area contributed by atoms with Crippen LogP contribution in [0.2, 0.25) is 0 Å². The Balaban J connectivity index is 2.15. The zero-order chi connectivity index (χ0) is 13.1. The average molecular weight is 250 g/mol. The molecule has 1 heterocycles. The molecule has 5 nitrogen and oxygen atoms in total. The van der Waals surface area contributed by atoms with Crippen molar-refractivity contribution in [3.05, 3.63) is 17.7 Å². The van der Waals surface area contributed by atoms with Crippen molar-refractivity contribution in [2.75, 3.05) is 19.5 Å². The number of nitrogens with one attached hydrogen (secondary N) is 1. The van der Waals surface area contributed by atoms with Crippen LogP contribution in [0.1, 0.15) is 30.1 Å². The molecular formula is C13H18N2O3. The van der Waals surface area contributed by atoms with Gasteiger partial charge in [0.25, 0.3) is 0 Å². The van der Waals surface area contributed by atoms with E-state index in [0.29, 0.717) is 11.6 Å². The zero-order valence-electron chi connectivity index (χ0n) is 10.9. The number of aromatic nitrogens is 1. The predicted octanol–water partition coefficient (Wildman–Crippen LogP) is 2.09. The summed E-state index contributed by atoms with van der Waals surface area (Å²) in [5.41, 5.74) is 0.338. The third-order valence-corrected chi connectivity index (χ3v) is 3.16. The molecule has 0 radical (unpaired) electrons. The van der Waals surface area contributed by atoms with Crippen LogP contribution in [0.3, 0.4) is 0 Å². The summed E-state index contributed by atoms with van der Waals surface area (Å²) in [7, 11) is 2.83. The van der Waals surface area contributed by atoms with E-state index in [1.165, 1.54) is 27.1 Å². The van der Waals surface area contributed by atoms with Gasteiger partial charge in [-0.1, -0.05) is 0 Å². The Morgan fingerprint density at radius 3 is 2.72 bits per heavy atom. The molecule has 0 amide bonds. The first-order valence-corrected chi connectivity index (χ1v) is 6.05. The predicted molar refractivity (Wildman–Crippen MR) is 67.9 cm³/mol. The van der Waals surface area contributed by atoms with Gasteiger partial charge >= 0.3 is 5.97 Å². The van der Waals surface area contributed by atoms with Crippen molar-refractivity contribution in [3.8, 4) is 5.88 Å². The number of ether oxygens (including phenoxy) is 2. The Morgan fingerprint density at radius 2 is 2.17 bits per heavy atom. The molecule has 2 rings (SSSR count). The smallest absolute Gasteiger partial charge is 0.343 e. The van der Waals surface area contributed by atoms with Crippen LogP contribution >= 0.6 is 0 Å². The molecule has 1 N–H and O–H groups in total. The molecule has 0 saturated heterocycles. The van der Waals surface area contributed by atoms with Crippen LogP contribution in [0.5, 0.6) is 5.88 Å². The lowest BCUT2D eigenvalue weighted by Crippen LogP contribution is -2.18. The second-order valence-electron chi connectivity index (χ2n) is 4.52. The van der Waals surface area contributed by atoms with Gasteiger partial charge in [-0.2, -0.15) is 4.98 Å². The van der Waals surface area contributed by atoms with Gasteiger partial charge in [-0.25, -0.2) is 4.79 Å². The Morgan fingerprint density at radius 1 is 1.44 bits per heavy atom. The summed E-state index contributed by atoms with van der Waals surface area (Å²) in [5.74, 6) is 1.30. The highest BCUT2D eigenvalue weighted by Gasteiger charge is 2.28. The van der Waals surface area contributed by atoms with Crippen LogP contribution in [-0.2, 0) is 4.74 Å². The van der Waals surface area contributed by atoms with Crippen LogP contribution in [0.15, 0.2) is 12.1 Å². The third-order valence-electron chi connectivity index (χ3n) is 3.16. The van der Waals surface area contributed by atoms with E-state index in [4.69, 9.17) is 4.74 Å². The lowest BCUT2D eigenvalue weighted by molar-refractivity contribution is 0.0596. The molecule has 18 heavy (non-hydrogen) atoms. The van der Waals surface area contributed by atoms with E-state index in [1.54, 1.807) is 12.1 Å². The van der Waals surface area contributed by atoms with Crippen LogP contribution in [0, 0.1) is 5.92 Å². The first kappa shape index (κ1) is 12.7. The van der Waals surface area contributed by atoms with Crippen molar-refractivity contribution in [3.63, 3.8) is 0 Å². The molecule has 1 aliphatic carbocycles. The van der Waals surface area contributed by atoms with E-state index in [1.807, 2.05) is 0 Å². The fourth-order valence-corrected chi connectivity index (χ4v) is 1.89. The number of carbonyl (C=O) groups excluding carboxylic acids is 1. The summed E-state index contributed by atoms with van der Waals surface area (Å²) >= 11 is 0. The third kappa shape index (κ3) is 2.72. The SMILES string of the molecule is COC(=O)c1ccc(NC(C)C2CC2)nc1OC. The molecule has 0 spiro atoms. The van der Waals surface area contributed by atoms with Gasteiger partial charge in [0.05, 0.1) is 14.2 Å². The molecule has 1 fully saturated rings. The molecular weight excluding hydrogens is 232 g/mol. The number of nitrogens with zero attached hydrogens (tertiary/aromatic N) is 1. The van der Waals surface area contributed by atoms with Gasteiger partial charge in [0, 0.05) is 6.04 Å². The van der Waals surface area contributed by atoms with Gasteiger partial charge in [-0.05, 0) is 37.8 Å². The second-order valence-corrected chi connectivity index (χ2v) is 4.52. The minimum absolute atomic E-state index is 0.287. The number of pyridine rings is 1. The van der Waals surface area contributed by atoms with Gasteiger partial charge in [0.2, 0.25) is 5.88 Å². The summed E-state index contributed by atoms with van der Waals surface area (Å²) in [6.45, 7) is 2.14. The second kappa shape index (κ2) is 5.25. The van der Waals surface area contributed by atoms with E-state index in [2.05, 4.69) is 22.0 Å². The van der Waals surface area contributed by atoms with Crippen LogP contribution < -0.4 is 10.1 Å². The molecule has 1 saturated carbocycles. The number of carbonyl (C=O) groups is 1. The Labute approximate surface area is 107 Å². The quantitative estimate of drug-likeness (QED) is 0.811. The molecule has 0 bridgehead atoms. The molecule has 0 aromatic carbocycles. The topological polar surface area (TPSA) is 60.5 Å². The van der Waals surface area contributed by atoms with Crippen molar-refractivity contribution in [1.29, 1.82) is 0 Å². The van der Waals surface area contributed by atoms with Crippen molar-refractivity contribution in [1.82, 2.24) is 4.98 Å². The van der Waals surface area contributed by atoms with Crippen molar-refractivity contribution < 1.29 is 14.3 Å². The zero-order valence-corrected chi connectivity index (χ0v) is 10.9. The Bertz CT molecular complexity index is 444. The first-order chi connectivity index (χ1) is 8.65. The van der Waals surface area contributed by atoms with Crippen LogP contribution in [0.4, 0.5) is 5.82 Å². The van der Waals surface area contributed by atoms with Gasteiger partial charge in [-0.3, -0.25) is 0 Å². The van der Waals surface area contributed by atoms with Crippen LogP contribution in [-0.4, -0.2) is 31.2 Å². The Hall–Kier alpha value is -1.78. The summed E-state index contributed by atoms with van der Waals surface area (Å²) in [6.07, 6.45) is 2.54. The van der Waals surface area contributed by atoms with E-state index < -0.39 is 5.97 Å². The normalized spacial score (nSPS) is 15.9. The van der Waals surface area contributed by atoms with Gasteiger partial charge in [0.15, 0.2) is 0 Å². The van der Waals surface area contributed by atoms with E-state index in [9.17, 15) is 4.79 Å². The highest BCUT2D eigenvalue weighted by atomic mass is 16.5. The minimum Gasteiger partial charge on any atom is -0.480 e.